The maximum absolute atomic E-state index is 5.52. The van der Waals surface area contributed by atoms with Crippen molar-refractivity contribution >= 4 is 11.7 Å². The van der Waals surface area contributed by atoms with E-state index >= 15 is 0 Å². The van der Waals surface area contributed by atoms with E-state index in [-0.39, 0.29) is 0 Å². The quantitative estimate of drug-likeness (QED) is 0.782. The summed E-state index contributed by atoms with van der Waals surface area (Å²) in [6.45, 7) is 7.79. The highest BCUT2D eigenvalue weighted by Gasteiger charge is 2.07. The van der Waals surface area contributed by atoms with Crippen LogP contribution in [0, 0.1) is 13.8 Å². The molecule has 0 saturated carbocycles. The Hall–Kier alpha value is -1.88. The van der Waals surface area contributed by atoms with Crippen LogP contribution >= 0.6 is 0 Å². The number of hydrogen-bond donors (Lipinski definition) is 2. The van der Waals surface area contributed by atoms with Crippen LogP contribution in [0.15, 0.2) is 22.6 Å². The zero-order chi connectivity index (χ0) is 13.7. The fourth-order valence-corrected chi connectivity index (χ4v) is 1.82. The van der Waals surface area contributed by atoms with E-state index in [0.717, 1.165) is 24.2 Å². The van der Waals surface area contributed by atoms with Gasteiger partial charge in [0.05, 0.1) is 6.54 Å². The molecule has 1 heterocycles. The lowest BCUT2D eigenvalue weighted by Crippen LogP contribution is -2.13. The number of rotatable bonds is 6. The number of aryl methyl sites for hydroxylation is 2. The number of hydrogen-bond acceptors (Lipinski definition) is 5. The van der Waals surface area contributed by atoms with Crippen molar-refractivity contribution < 1.29 is 4.42 Å². The van der Waals surface area contributed by atoms with Gasteiger partial charge in [-0.2, -0.15) is 0 Å². The van der Waals surface area contributed by atoms with E-state index in [2.05, 4.69) is 53.7 Å². The normalized spacial score (nSPS) is 10.7. The summed E-state index contributed by atoms with van der Waals surface area (Å²) in [5.74, 6) is 0.598. The molecule has 0 aliphatic heterocycles. The fourth-order valence-electron chi connectivity index (χ4n) is 1.82. The molecular formula is C14H20N4O. The Labute approximate surface area is 113 Å². The van der Waals surface area contributed by atoms with E-state index < -0.39 is 0 Å². The predicted molar refractivity (Wildman–Crippen MR) is 75.5 cm³/mol. The van der Waals surface area contributed by atoms with Crippen molar-refractivity contribution in [1.82, 2.24) is 15.5 Å². The number of nitrogens with one attached hydrogen (secondary N) is 2. The monoisotopic (exact) mass is 260 g/mol. The summed E-state index contributed by atoms with van der Waals surface area (Å²) in [6.07, 6.45) is 1.09. The van der Waals surface area contributed by atoms with E-state index in [9.17, 15) is 0 Å². The Balaban J connectivity index is 1.99. The standard InChI is InChI=1S/C14H20N4O/c1-4-7-15-9-13-17-18-14(19-13)16-12-6-5-10(2)8-11(12)3/h5-6,8,15H,4,7,9H2,1-3H3,(H,16,18). The van der Waals surface area contributed by atoms with Gasteiger partial charge >= 0.3 is 6.01 Å². The molecule has 5 heteroatoms. The SMILES string of the molecule is CCCNCc1nnc(Nc2ccc(C)cc2C)o1. The van der Waals surface area contributed by atoms with Crippen molar-refractivity contribution in [1.29, 1.82) is 0 Å². The third kappa shape index (κ3) is 3.79. The molecule has 19 heavy (non-hydrogen) atoms. The van der Waals surface area contributed by atoms with Crippen molar-refractivity contribution in [3.8, 4) is 0 Å². The van der Waals surface area contributed by atoms with Gasteiger partial charge in [0.15, 0.2) is 0 Å². The van der Waals surface area contributed by atoms with Gasteiger partial charge in [-0.25, -0.2) is 0 Å². The van der Waals surface area contributed by atoms with Gasteiger partial charge in [0, 0.05) is 5.69 Å². The van der Waals surface area contributed by atoms with Crippen LogP contribution in [0.2, 0.25) is 0 Å². The Morgan fingerprint density at radius 1 is 1.21 bits per heavy atom. The smallest absolute Gasteiger partial charge is 0.320 e. The molecule has 0 amide bonds. The number of aromatic nitrogens is 2. The molecule has 0 fully saturated rings. The predicted octanol–water partition coefficient (Wildman–Crippen LogP) is 2.93. The number of benzene rings is 1. The molecule has 0 spiro atoms. The van der Waals surface area contributed by atoms with Crippen LogP contribution in [0.25, 0.3) is 0 Å². The van der Waals surface area contributed by atoms with E-state index in [1.165, 1.54) is 5.56 Å². The first-order chi connectivity index (χ1) is 9.19. The summed E-state index contributed by atoms with van der Waals surface area (Å²) in [5, 5.41) is 14.3. The van der Waals surface area contributed by atoms with Crippen molar-refractivity contribution in [3.63, 3.8) is 0 Å². The minimum atomic E-state index is 0.431. The highest BCUT2D eigenvalue weighted by Crippen LogP contribution is 2.20. The molecular weight excluding hydrogens is 240 g/mol. The maximum Gasteiger partial charge on any atom is 0.320 e. The van der Waals surface area contributed by atoms with Crippen molar-refractivity contribution in [2.45, 2.75) is 33.7 Å². The van der Waals surface area contributed by atoms with Gasteiger partial charge in [-0.1, -0.05) is 29.7 Å². The molecule has 0 saturated heterocycles. The van der Waals surface area contributed by atoms with E-state index in [1.807, 2.05) is 6.07 Å². The molecule has 2 rings (SSSR count). The second-order valence-electron chi connectivity index (χ2n) is 4.62. The maximum atomic E-state index is 5.52. The Morgan fingerprint density at radius 2 is 2.05 bits per heavy atom. The lowest BCUT2D eigenvalue weighted by Gasteiger charge is -2.06. The first kappa shape index (κ1) is 13.5. The molecule has 1 aromatic carbocycles. The van der Waals surface area contributed by atoms with Crippen LogP contribution in [-0.4, -0.2) is 16.7 Å². The minimum Gasteiger partial charge on any atom is -0.406 e. The van der Waals surface area contributed by atoms with Crippen LogP contribution in [0.5, 0.6) is 0 Å². The zero-order valence-corrected chi connectivity index (χ0v) is 11.7. The lowest BCUT2D eigenvalue weighted by atomic mass is 10.1. The first-order valence-corrected chi connectivity index (χ1v) is 6.56. The summed E-state index contributed by atoms with van der Waals surface area (Å²) < 4.78 is 5.52. The van der Waals surface area contributed by atoms with Crippen LogP contribution < -0.4 is 10.6 Å². The molecule has 0 bridgehead atoms. The molecule has 0 unspecified atom stereocenters. The van der Waals surface area contributed by atoms with Crippen molar-refractivity contribution in [2.24, 2.45) is 0 Å². The Bertz CT molecular complexity index is 536. The summed E-state index contributed by atoms with van der Waals surface area (Å²) in [6, 6.07) is 6.61. The lowest BCUT2D eigenvalue weighted by molar-refractivity contribution is 0.479. The zero-order valence-electron chi connectivity index (χ0n) is 11.7. The van der Waals surface area contributed by atoms with Gasteiger partial charge in [0.25, 0.3) is 0 Å². The van der Waals surface area contributed by atoms with E-state index in [0.29, 0.717) is 18.5 Å². The molecule has 2 aromatic rings. The van der Waals surface area contributed by atoms with E-state index in [4.69, 9.17) is 4.42 Å². The summed E-state index contributed by atoms with van der Waals surface area (Å²) >= 11 is 0. The van der Waals surface area contributed by atoms with E-state index in [1.54, 1.807) is 0 Å². The van der Waals surface area contributed by atoms with Gasteiger partial charge < -0.3 is 15.1 Å². The highest BCUT2D eigenvalue weighted by atomic mass is 16.4. The molecule has 0 atom stereocenters. The Kier molecular flexibility index (Phi) is 4.52. The third-order valence-electron chi connectivity index (χ3n) is 2.79. The second kappa shape index (κ2) is 6.33. The molecule has 102 valence electrons. The average Bonchev–Trinajstić information content (AvgIpc) is 2.81. The van der Waals surface area contributed by atoms with Gasteiger partial charge in [-0.15, -0.1) is 5.10 Å². The minimum absolute atomic E-state index is 0.431. The Morgan fingerprint density at radius 3 is 2.79 bits per heavy atom. The van der Waals surface area contributed by atoms with Gasteiger partial charge in [0.2, 0.25) is 5.89 Å². The molecule has 5 nitrogen and oxygen atoms in total. The molecule has 0 aliphatic carbocycles. The van der Waals surface area contributed by atoms with Gasteiger partial charge in [-0.05, 0) is 38.4 Å². The van der Waals surface area contributed by atoms with Crippen molar-refractivity contribution in [2.75, 3.05) is 11.9 Å². The molecule has 1 aromatic heterocycles. The fraction of sp³-hybridized carbons (Fsp3) is 0.429. The van der Waals surface area contributed by atoms with Crippen LogP contribution in [0.4, 0.5) is 11.7 Å². The summed E-state index contributed by atoms with van der Waals surface area (Å²) in [5.41, 5.74) is 3.38. The average molecular weight is 260 g/mol. The largest absolute Gasteiger partial charge is 0.406 e. The van der Waals surface area contributed by atoms with Gasteiger partial charge in [-0.3, -0.25) is 0 Å². The van der Waals surface area contributed by atoms with Crippen LogP contribution in [0.1, 0.15) is 30.4 Å². The summed E-state index contributed by atoms with van der Waals surface area (Å²) in [7, 11) is 0. The van der Waals surface area contributed by atoms with Crippen molar-refractivity contribution in [3.05, 3.63) is 35.2 Å². The third-order valence-corrected chi connectivity index (χ3v) is 2.79. The second-order valence-corrected chi connectivity index (χ2v) is 4.62. The molecule has 2 N–H and O–H groups in total. The highest BCUT2D eigenvalue weighted by molar-refractivity contribution is 5.57. The summed E-state index contributed by atoms with van der Waals surface area (Å²) in [4.78, 5) is 0. The molecule has 0 radical (unpaired) electrons. The van der Waals surface area contributed by atoms with Crippen LogP contribution in [-0.2, 0) is 6.54 Å². The van der Waals surface area contributed by atoms with Crippen LogP contribution in [0.3, 0.4) is 0 Å². The first-order valence-electron chi connectivity index (χ1n) is 6.56. The number of nitrogens with zero attached hydrogens (tertiary/aromatic N) is 2. The number of anilines is 2. The van der Waals surface area contributed by atoms with Gasteiger partial charge in [0.1, 0.15) is 0 Å². The molecule has 0 aliphatic rings. The topological polar surface area (TPSA) is 63.0 Å².